The summed E-state index contributed by atoms with van der Waals surface area (Å²) in [7, 11) is 0. The Morgan fingerprint density at radius 1 is 1.25 bits per heavy atom. The number of nitrogens with one attached hydrogen (secondary N) is 2. The van der Waals surface area contributed by atoms with Crippen LogP contribution < -0.4 is 10.1 Å². The highest BCUT2D eigenvalue weighted by Gasteiger charge is 2.09. The first-order valence-corrected chi connectivity index (χ1v) is 6.77. The molecule has 0 aliphatic rings. The number of hydrogen-bond donors (Lipinski definition) is 2. The number of pyridine rings is 1. The van der Waals surface area contributed by atoms with Crippen molar-refractivity contribution in [2.45, 2.75) is 46.4 Å². The van der Waals surface area contributed by atoms with Gasteiger partial charge in [-0.2, -0.15) is 0 Å². The van der Waals surface area contributed by atoms with Crippen LogP contribution in [0.2, 0.25) is 0 Å². The van der Waals surface area contributed by atoms with E-state index in [4.69, 9.17) is 4.74 Å². The molecule has 2 aromatic rings. The van der Waals surface area contributed by atoms with Crippen molar-refractivity contribution in [3.63, 3.8) is 0 Å². The molecule has 0 aliphatic heterocycles. The number of ether oxygens (including phenoxy) is 1. The molecule has 5 nitrogen and oxygen atoms in total. The van der Waals surface area contributed by atoms with Crippen LogP contribution in [0.5, 0.6) is 5.88 Å². The topological polar surface area (TPSA) is 62.8 Å². The summed E-state index contributed by atoms with van der Waals surface area (Å²) in [5.74, 6) is 0.600. The van der Waals surface area contributed by atoms with Gasteiger partial charge in [0.2, 0.25) is 5.88 Å². The van der Waals surface area contributed by atoms with E-state index in [0.29, 0.717) is 12.5 Å². The first-order chi connectivity index (χ1) is 9.42. The Hall–Kier alpha value is -1.88. The fraction of sp³-hybridized carbons (Fsp3) is 0.467. The van der Waals surface area contributed by atoms with Crippen LogP contribution in [0, 0.1) is 6.92 Å². The van der Waals surface area contributed by atoms with E-state index in [-0.39, 0.29) is 5.54 Å². The van der Waals surface area contributed by atoms with Gasteiger partial charge >= 0.3 is 0 Å². The van der Waals surface area contributed by atoms with Gasteiger partial charge in [0.25, 0.3) is 0 Å². The van der Waals surface area contributed by atoms with E-state index in [9.17, 15) is 0 Å². The summed E-state index contributed by atoms with van der Waals surface area (Å²) in [5.41, 5.74) is 2.98. The van der Waals surface area contributed by atoms with E-state index >= 15 is 0 Å². The second-order valence-electron chi connectivity index (χ2n) is 5.90. The van der Waals surface area contributed by atoms with E-state index in [1.807, 2.05) is 31.2 Å². The van der Waals surface area contributed by atoms with Gasteiger partial charge in [-0.1, -0.05) is 6.07 Å². The zero-order chi connectivity index (χ0) is 14.6. The van der Waals surface area contributed by atoms with Gasteiger partial charge in [0.05, 0.1) is 11.4 Å². The molecule has 0 radical (unpaired) electrons. The second-order valence-corrected chi connectivity index (χ2v) is 5.90. The summed E-state index contributed by atoms with van der Waals surface area (Å²) >= 11 is 0. The van der Waals surface area contributed by atoms with Gasteiger partial charge in [-0.3, -0.25) is 10.1 Å². The molecule has 0 amide bonds. The van der Waals surface area contributed by atoms with E-state index < -0.39 is 0 Å². The minimum Gasteiger partial charge on any atom is -0.470 e. The highest BCUT2D eigenvalue weighted by molar-refractivity contribution is 5.14. The van der Waals surface area contributed by atoms with Gasteiger partial charge in [0, 0.05) is 23.8 Å². The summed E-state index contributed by atoms with van der Waals surface area (Å²) in [4.78, 5) is 4.57. The van der Waals surface area contributed by atoms with Crippen LogP contribution in [-0.4, -0.2) is 20.7 Å². The molecular weight excluding hydrogens is 252 g/mol. The molecule has 108 valence electrons. The average Bonchev–Trinajstić information content (AvgIpc) is 2.80. The lowest BCUT2D eigenvalue weighted by Gasteiger charge is -2.20. The molecule has 0 fully saturated rings. The predicted octanol–water partition coefficient (Wildman–Crippen LogP) is 2.58. The molecule has 0 bridgehead atoms. The zero-order valence-electron chi connectivity index (χ0n) is 12.5. The summed E-state index contributed by atoms with van der Waals surface area (Å²) in [6.45, 7) is 9.53. The van der Waals surface area contributed by atoms with Crippen molar-refractivity contribution in [2.24, 2.45) is 0 Å². The molecule has 2 N–H and O–H groups in total. The van der Waals surface area contributed by atoms with Crippen LogP contribution in [0.1, 0.15) is 37.9 Å². The van der Waals surface area contributed by atoms with Crippen LogP contribution in [0.25, 0.3) is 0 Å². The second kappa shape index (κ2) is 6.05. The van der Waals surface area contributed by atoms with Gasteiger partial charge in [-0.25, -0.2) is 0 Å². The molecule has 5 heteroatoms. The molecule has 0 aromatic carbocycles. The first kappa shape index (κ1) is 14.5. The third-order valence-corrected chi connectivity index (χ3v) is 2.71. The number of nitrogens with zero attached hydrogens (tertiary/aromatic N) is 2. The Morgan fingerprint density at radius 3 is 2.65 bits per heavy atom. The fourth-order valence-electron chi connectivity index (χ4n) is 1.68. The Morgan fingerprint density at radius 2 is 2.00 bits per heavy atom. The predicted molar refractivity (Wildman–Crippen MR) is 78.5 cm³/mol. The van der Waals surface area contributed by atoms with Crippen LogP contribution in [0.15, 0.2) is 24.3 Å². The number of aromatic nitrogens is 3. The Balaban J connectivity index is 1.92. The van der Waals surface area contributed by atoms with Gasteiger partial charge in [0.1, 0.15) is 6.61 Å². The quantitative estimate of drug-likeness (QED) is 0.879. The van der Waals surface area contributed by atoms with Crippen molar-refractivity contribution in [1.29, 1.82) is 0 Å². The summed E-state index contributed by atoms with van der Waals surface area (Å²) < 4.78 is 5.59. The molecule has 2 heterocycles. The van der Waals surface area contributed by atoms with E-state index in [2.05, 4.69) is 41.3 Å². The molecule has 0 atom stereocenters. The summed E-state index contributed by atoms with van der Waals surface area (Å²) in [6, 6.07) is 7.84. The van der Waals surface area contributed by atoms with Crippen molar-refractivity contribution in [3.05, 3.63) is 41.3 Å². The number of H-pyrrole nitrogens is 1. The molecule has 0 aliphatic carbocycles. The minimum absolute atomic E-state index is 0.0841. The van der Waals surface area contributed by atoms with Crippen LogP contribution in [0.3, 0.4) is 0 Å². The molecule has 2 rings (SSSR count). The number of aryl methyl sites for hydroxylation is 1. The van der Waals surface area contributed by atoms with Crippen LogP contribution in [-0.2, 0) is 13.2 Å². The molecule has 2 aromatic heterocycles. The highest BCUT2D eigenvalue weighted by atomic mass is 16.5. The van der Waals surface area contributed by atoms with Crippen LogP contribution in [0.4, 0.5) is 0 Å². The summed E-state index contributed by atoms with van der Waals surface area (Å²) in [5, 5.41) is 10.3. The molecule has 0 unspecified atom stereocenters. The van der Waals surface area contributed by atoms with Gasteiger partial charge in [0.15, 0.2) is 0 Å². The standard InChI is InChI=1S/C15H22N4O/c1-11-8-14(19-18-11)20-10-13-7-5-6-12(17-13)9-16-15(2,3)4/h5-8,16H,9-10H2,1-4H3,(H,18,19). The fourth-order valence-corrected chi connectivity index (χ4v) is 1.68. The van der Waals surface area contributed by atoms with Crippen molar-refractivity contribution in [3.8, 4) is 5.88 Å². The van der Waals surface area contributed by atoms with E-state index in [0.717, 1.165) is 23.6 Å². The Labute approximate surface area is 119 Å². The van der Waals surface area contributed by atoms with Gasteiger partial charge < -0.3 is 10.1 Å². The lowest BCUT2D eigenvalue weighted by Crippen LogP contribution is -2.35. The maximum absolute atomic E-state index is 5.59. The molecule has 0 saturated heterocycles. The molecule has 20 heavy (non-hydrogen) atoms. The van der Waals surface area contributed by atoms with Crippen LogP contribution >= 0.6 is 0 Å². The lowest BCUT2D eigenvalue weighted by atomic mass is 10.1. The number of hydrogen-bond acceptors (Lipinski definition) is 4. The zero-order valence-corrected chi connectivity index (χ0v) is 12.5. The highest BCUT2D eigenvalue weighted by Crippen LogP contribution is 2.10. The van der Waals surface area contributed by atoms with Crippen molar-refractivity contribution in [2.75, 3.05) is 0 Å². The minimum atomic E-state index is 0.0841. The van der Waals surface area contributed by atoms with Crippen molar-refractivity contribution < 1.29 is 4.74 Å². The third kappa shape index (κ3) is 4.66. The smallest absolute Gasteiger partial charge is 0.233 e. The number of aromatic amines is 1. The summed E-state index contributed by atoms with van der Waals surface area (Å²) in [6.07, 6.45) is 0. The number of rotatable bonds is 5. The maximum atomic E-state index is 5.59. The first-order valence-electron chi connectivity index (χ1n) is 6.77. The molecule has 0 saturated carbocycles. The largest absolute Gasteiger partial charge is 0.470 e. The Bertz CT molecular complexity index is 557. The third-order valence-electron chi connectivity index (χ3n) is 2.71. The average molecular weight is 274 g/mol. The molecule has 0 spiro atoms. The monoisotopic (exact) mass is 274 g/mol. The molecular formula is C15H22N4O. The maximum Gasteiger partial charge on any atom is 0.233 e. The van der Waals surface area contributed by atoms with Gasteiger partial charge in [-0.15, -0.1) is 5.10 Å². The van der Waals surface area contributed by atoms with Gasteiger partial charge in [-0.05, 0) is 39.8 Å². The van der Waals surface area contributed by atoms with E-state index in [1.165, 1.54) is 0 Å². The SMILES string of the molecule is Cc1cc(OCc2cccc(CNC(C)(C)C)n2)n[nH]1. The lowest BCUT2D eigenvalue weighted by molar-refractivity contribution is 0.288. The van der Waals surface area contributed by atoms with E-state index in [1.54, 1.807) is 0 Å². The Kier molecular flexibility index (Phi) is 4.39. The van der Waals surface area contributed by atoms with Crippen molar-refractivity contribution >= 4 is 0 Å². The van der Waals surface area contributed by atoms with Crippen molar-refractivity contribution in [1.82, 2.24) is 20.5 Å². The normalized spacial score (nSPS) is 11.6.